The quantitative estimate of drug-likeness (QED) is 0.861. The lowest BCUT2D eigenvalue weighted by Gasteiger charge is -2.01. The maximum Gasteiger partial charge on any atom is 0.140 e. The third-order valence-electron chi connectivity index (χ3n) is 2.62. The van der Waals surface area contributed by atoms with Crippen LogP contribution in [0.25, 0.3) is 11.0 Å². The first-order chi connectivity index (χ1) is 7.86. The zero-order valence-corrected chi connectivity index (χ0v) is 10.5. The molecule has 0 atom stereocenters. The minimum atomic E-state index is 0.897. The van der Waals surface area contributed by atoms with Crippen molar-refractivity contribution in [1.82, 2.24) is 14.9 Å². The average molecular weight is 235 g/mol. The fourth-order valence-electron chi connectivity index (χ4n) is 1.89. The molecule has 0 aliphatic rings. The van der Waals surface area contributed by atoms with Gasteiger partial charge in [0.2, 0.25) is 0 Å². The number of hydrogen-bond acceptors (Lipinski definition) is 3. The van der Waals surface area contributed by atoms with Crippen molar-refractivity contribution in [2.75, 3.05) is 19.1 Å². The molecule has 16 heavy (non-hydrogen) atoms. The molecule has 2 aromatic rings. The summed E-state index contributed by atoms with van der Waals surface area (Å²) in [6.07, 6.45) is 6.21. The van der Waals surface area contributed by atoms with Crippen LogP contribution in [0.1, 0.15) is 5.56 Å². The van der Waals surface area contributed by atoms with Crippen molar-refractivity contribution in [2.45, 2.75) is 13.1 Å². The summed E-state index contributed by atoms with van der Waals surface area (Å²) in [5.41, 5.74) is 2.42. The SMILES string of the molecule is CNCc1cn(CCSC)c2ncccc12. The Morgan fingerprint density at radius 1 is 1.50 bits per heavy atom. The molecule has 2 rings (SSSR count). The second kappa shape index (κ2) is 5.37. The predicted molar refractivity (Wildman–Crippen MR) is 70.9 cm³/mol. The zero-order valence-electron chi connectivity index (χ0n) is 9.73. The van der Waals surface area contributed by atoms with Crippen molar-refractivity contribution in [3.63, 3.8) is 0 Å². The van der Waals surface area contributed by atoms with E-state index in [0.29, 0.717) is 0 Å². The van der Waals surface area contributed by atoms with Crippen molar-refractivity contribution in [2.24, 2.45) is 0 Å². The number of thioether (sulfide) groups is 1. The van der Waals surface area contributed by atoms with Crippen LogP contribution in [0.4, 0.5) is 0 Å². The van der Waals surface area contributed by atoms with E-state index in [2.05, 4.69) is 33.4 Å². The van der Waals surface area contributed by atoms with Gasteiger partial charge in [-0.3, -0.25) is 0 Å². The summed E-state index contributed by atoms with van der Waals surface area (Å²) in [6.45, 7) is 1.92. The summed E-state index contributed by atoms with van der Waals surface area (Å²) in [7, 11) is 1.97. The van der Waals surface area contributed by atoms with Gasteiger partial charge in [0.1, 0.15) is 5.65 Å². The molecular formula is C12H17N3S. The van der Waals surface area contributed by atoms with Crippen LogP contribution in [0.5, 0.6) is 0 Å². The van der Waals surface area contributed by atoms with E-state index >= 15 is 0 Å². The van der Waals surface area contributed by atoms with Crippen LogP contribution in [0, 0.1) is 0 Å². The van der Waals surface area contributed by atoms with Crippen LogP contribution < -0.4 is 5.32 Å². The number of nitrogens with one attached hydrogen (secondary N) is 1. The van der Waals surface area contributed by atoms with Gasteiger partial charge in [-0.2, -0.15) is 11.8 Å². The highest BCUT2D eigenvalue weighted by atomic mass is 32.2. The fourth-order valence-corrected chi connectivity index (χ4v) is 2.27. The number of aryl methyl sites for hydroxylation is 1. The van der Waals surface area contributed by atoms with Crippen LogP contribution in [0.3, 0.4) is 0 Å². The standard InChI is InChI=1S/C12H17N3S/c1-13-8-10-9-15(6-7-16-2)12-11(10)4-3-5-14-12/h3-5,9,13H,6-8H2,1-2H3. The summed E-state index contributed by atoms with van der Waals surface area (Å²) >= 11 is 1.86. The molecule has 0 unspecified atom stereocenters. The van der Waals surface area contributed by atoms with Crippen molar-refractivity contribution < 1.29 is 0 Å². The highest BCUT2D eigenvalue weighted by Crippen LogP contribution is 2.19. The molecule has 0 spiro atoms. The van der Waals surface area contributed by atoms with Gasteiger partial charge in [0.05, 0.1) is 0 Å². The number of pyridine rings is 1. The Morgan fingerprint density at radius 3 is 3.12 bits per heavy atom. The minimum absolute atomic E-state index is 0.897. The molecule has 0 radical (unpaired) electrons. The Bertz CT molecular complexity index is 464. The molecule has 0 aromatic carbocycles. The maximum atomic E-state index is 4.46. The molecule has 1 N–H and O–H groups in total. The summed E-state index contributed by atoms with van der Waals surface area (Å²) in [4.78, 5) is 4.46. The second-order valence-electron chi connectivity index (χ2n) is 3.75. The molecule has 0 saturated carbocycles. The van der Waals surface area contributed by atoms with E-state index in [1.807, 2.05) is 31.1 Å². The van der Waals surface area contributed by atoms with Gasteiger partial charge in [0, 0.05) is 36.6 Å². The Kier molecular flexibility index (Phi) is 3.85. The molecule has 0 amide bonds. The summed E-state index contributed by atoms with van der Waals surface area (Å²) in [5, 5.41) is 4.46. The maximum absolute atomic E-state index is 4.46. The normalized spacial score (nSPS) is 11.1. The molecule has 2 heterocycles. The molecule has 86 valence electrons. The van der Waals surface area contributed by atoms with E-state index in [1.54, 1.807) is 0 Å². The molecule has 0 bridgehead atoms. The average Bonchev–Trinajstić information content (AvgIpc) is 2.66. The van der Waals surface area contributed by atoms with Gasteiger partial charge in [-0.05, 0) is 31.0 Å². The van der Waals surface area contributed by atoms with E-state index in [1.165, 1.54) is 10.9 Å². The summed E-state index contributed by atoms with van der Waals surface area (Å²) < 4.78 is 2.25. The van der Waals surface area contributed by atoms with Crippen LogP contribution in [-0.2, 0) is 13.1 Å². The number of nitrogens with zero attached hydrogens (tertiary/aromatic N) is 2. The number of hydrogen-bond donors (Lipinski definition) is 1. The number of aromatic nitrogens is 2. The molecule has 2 aromatic heterocycles. The highest BCUT2D eigenvalue weighted by molar-refractivity contribution is 7.98. The Hall–Kier alpha value is -1.00. The topological polar surface area (TPSA) is 29.9 Å². The predicted octanol–water partition coefficient (Wildman–Crippen LogP) is 2.12. The molecule has 3 nitrogen and oxygen atoms in total. The molecular weight excluding hydrogens is 218 g/mol. The smallest absolute Gasteiger partial charge is 0.140 e. The molecule has 0 saturated heterocycles. The Balaban J connectivity index is 2.40. The first kappa shape index (κ1) is 11.5. The van der Waals surface area contributed by atoms with E-state index in [4.69, 9.17) is 0 Å². The van der Waals surface area contributed by atoms with Crippen LogP contribution in [0.2, 0.25) is 0 Å². The molecule has 0 aliphatic heterocycles. The monoisotopic (exact) mass is 235 g/mol. The van der Waals surface area contributed by atoms with Crippen molar-refractivity contribution in [3.05, 3.63) is 30.1 Å². The van der Waals surface area contributed by atoms with Gasteiger partial charge in [-0.1, -0.05) is 0 Å². The first-order valence-electron chi connectivity index (χ1n) is 5.43. The van der Waals surface area contributed by atoms with Gasteiger partial charge in [0.15, 0.2) is 0 Å². The fraction of sp³-hybridized carbons (Fsp3) is 0.417. The Morgan fingerprint density at radius 2 is 2.38 bits per heavy atom. The molecule has 4 heteroatoms. The van der Waals surface area contributed by atoms with E-state index in [0.717, 1.165) is 24.5 Å². The summed E-state index contributed by atoms with van der Waals surface area (Å²) in [6, 6.07) is 4.14. The largest absolute Gasteiger partial charge is 0.331 e. The third-order valence-corrected chi connectivity index (χ3v) is 3.21. The van der Waals surface area contributed by atoms with E-state index in [-0.39, 0.29) is 0 Å². The number of rotatable bonds is 5. The van der Waals surface area contributed by atoms with Crippen LogP contribution in [0.15, 0.2) is 24.5 Å². The molecule has 0 fully saturated rings. The van der Waals surface area contributed by atoms with Crippen molar-refractivity contribution in [3.8, 4) is 0 Å². The molecule has 0 aliphatic carbocycles. The van der Waals surface area contributed by atoms with Crippen molar-refractivity contribution >= 4 is 22.8 Å². The first-order valence-corrected chi connectivity index (χ1v) is 6.82. The third kappa shape index (κ3) is 2.23. The minimum Gasteiger partial charge on any atom is -0.331 e. The van der Waals surface area contributed by atoms with Gasteiger partial charge in [-0.25, -0.2) is 4.98 Å². The van der Waals surface area contributed by atoms with Gasteiger partial charge in [-0.15, -0.1) is 0 Å². The van der Waals surface area contributed by atoms with E-state index < -0.39 is 0 Å². The van der Waals surface area contributed by atoms with Crippen LogP contribution in [-0.4, -0.2) is 28.6 Å². The lowest BCUT2D eigenvalue weighted by Crippen LogP contribution is -2.04. The lowest BCUT2D eigenvalue weighted by molar-refractivity contribution is 0.776. The Labute approximate surface area is 100 Å². The summed E-state index contributed by atoms with van der Waals surface area (Å²) in [5.74, 6) is 1.12. The van der Waals surface area contributed by atoms with Crippen LogP contribution >= 0.6 is 11.8 Å². The highest BCUT2D eigenvalue weighted by Gasteiger charge is 2.07. The van der Waals surface area contributed by atoms with Gasteiger partial charge < -0.3 is 9.88 Å². The van der Waals surface area contributed by atoms with Crippen molar-refractivity contribution in [1.29, 1.82) is 0 Å². The van der Waals surface area contributed by atoms with E-state index in [9.17, 15) is 0 Å². The second-order valence-corrected chi connectivity index (χ2v) is 4.73. The number of fused-ring (bicyclic) bond motifs is 1. The zero-order chi connectivity index (χ0) is 11.4. The lowest BCUT2D eigenvalue weighted by atomic mass is 10.2. The van der Waals surface area contributed by atoms with Gasteiger partial charge >= 0.3 is 0 Å². The van der Waals surface area contributed by atoms with Gasteiger partial charge in [0.25, 0.3) is 0 Å².